The van der Waals surface area contributed by atoms with Gasteiger partial charge < -0.3 is 10.4 Å². The summed E-state index contributed by atoms with van der Waals surface area (Å²) in [6.07, 6.45) is 5.04. The molecule has 0 amide bonds. The van der Waals surface area contributed by atoms with Crippen molar-refractivity contribution in [3.05, 3.63) is 18.5 Å². The number of hydrogen-bond donors (Lipinski definition) is 2. The van der Waals surface area contributed by atoms with Crippen LogP contribution in [-0.2, 0) is 11.3 Å². The second-order valence-electron chi connectivity index (χ2n) is 4.08. The van der Waals surface area contributed by atoms with Gasteiger partial charge in [0, 0.05) is 18.9 Å². The molecule has 1 atom stereocenters. The summed E-state index contributed by atoms with van der Waals surface area (Å²) in [4.78, 5) is 11.1. The molecule has 0 saturated heterocycles. The third-order valence-electron chi connectivity index (χ3n) is 2.64. The number of hydrogen-bond acceptors (Lipinski definition) is 3. The summed E-state index contributed by atoms with van der Waals surface area (Å²) in [5, 5.41) is 16.3. The van der Waals surface area contributed by atoms with Gasteiger partial charge >= 0.3 is 5.97 Å². The Labute approximate surface area is 95.5 Å². The van der Waals surface area contributed by atoms with Crippen molar-refractivity contribution in [2.24, 2.45) is 0 Å². The Morgan fingerprint density at radius 3 is 2.88 bits per heavy atom. The Hall–Kier alpha value is -1.36. The molecule has 1 aromatic heterocycles. The highest BCUT2D eigenvalue weighted by molar-refractivity contribution is 5.78. The van der Waals surface area contributed by atoms with Gasteiger partial charge in [-0.1, -0.05) is 13.3 Å². The van der Waals surface area contributed by atoms with E-state index in [1.807, 2.05) is 19.2 Å². The Kier molecular flexibility index (Phi) is 4.49. The molecule has 0 aliphatic rings. The molecule has 0 aliphatic carbocycles. The lowest BCUT2D eigenvalue weighted by Gasteiger charge is -2.25. The van der Waals surface area contributed by atoms with Gasteiger partial charge in [0.25, 0.3) is 0 Å². The van der Waals surface area contributed by atoms with Gasteiger partial charge in [0.2, 0.25) is 0 Å². The Morgan fingerprint density at radius 1 is 1.62 bits per heavy atom. The van der Waals surface area contributed by atoms with Crippen LogP contribution in [0.2, 0.25) is 0 Å². The lowest BCUT2D eigenvalue weighted by molar-refractivity contribution is -0.144. The minimum atomic E-state index is -0.831. The number of carbonyl (C=O) groups is 1. The van der Waals surface area contributed by atoms with Crippen LogP contribution in [0.15, 0.2) is 18.5 Å². The van der Waals surface area contributed by atoms with Crippen LogP contribution >= 0.6 is 0 Å². The normalized spacial score (nSPS) is 14.6. The molecule has 0 bridgehead atoms. The second kappa shape index (κ2) is 5.65. The molecular weight excluding hydrogens is 206 g/mol. The van der Waals surface area contributed by atoms with Gasteiger partial charge in [0.15, 0.2) is 0 Å². The van der Waals surface area contributed by atoms with E-state index >= 15 is 0 Å². The number of nitrogens with one attached hydrogen (secondary N) is 1. The van der Waals surface area contributed by atoms with E-state index in [1.165, 1.54) is 0 Å². The predicted molar refractivity (Wildman–Crippen MR) is 61.2 cm³/mol. The monoisotopic (exact) mass is 225 g/mol. The van der Waals surface area contributed by atoms with Crippen molar-refractivity contribution in [2.45, 2.75) is 38.8 Å². The first kappa shape index (κ1) is 12.7. The molecule has 0 saturated carbocycles. The van der Waals surface area contributed by atoms with Crippen molar-refractivity contribution < 1.29 is 9.90 Å². The fourth-order valence-electron chi connectivity index (χ4n) is 1.65. The topological polar surface area (TPSA) is 67.2 Å². The molecule has 2 N–H and O–H groups in total. The highest BCUT2D eigenvalue weighted by Crippen LogP contribution is 2.12. The van der Waals surface area contributed by atoms with Gasteiger partial charge in [-0.3, -0.25) is 9.48 Å². The van der Waals surface area contributed by atoms with Gasteiger partial charge in [-0.05, 0) is 19.4 Å². The number of nitrogens with zero attached hydrogens (tertiary/aromatic N) is 2. The second-order valence-corrected chi connectivity index (χ2v) is 4.08. The molecule has 0 aliphatic heterocycles. The largest absolute Gasteiger partial charge is 0.480 e. The Balaban J connectivity index is 2.41. The van der Waals surface area contributed by atoms with Gasteiger partial charge in [-0.25, -0.2) is 0 Å². The quantitative estimate of drug-likeness (QED) is 0.729. The Bertz CT molecular complexity index is 324. The van der Waals surface area contributed by atoms with Crippen molar-refractivity contribution in [1.82, 2.24) is 15.1 Å². The highest BCUT2D eigenvalue weighted by Gasteiger charge is 2.30. The molecule has 5 heteroatoms. The van der Waals surface area contributed by atoms with Crippen molar-refractivity contribution in [2.75, 3.05) is 6.54 Å². The van der Waals surface area contributed by atoms with E-state index in [9.17, 15) is 4.79 Å². The highest BCUT2D eigenvalue weighted by atomic mass is 16.4. The summed E-state index contributed by atoms with van der Waals surface area (Å²) < 4.78 is 1.78. The van der Waals surface area contributed by atoms with Crippen LogP contribution in [0.5, 0.6) is 0 Å². The summed E-state index contributed by atoms with van der Waals surface area (Å²) in [6, 6.07) is 1.85. The van der Waals surface area contributed by atoms with Gasteiger partial charge in [-0.15, -0.1) is 0 Å². The molecule has 1 aromatic rings. The van der Waals surface area contributed by atoms with Crippen LogP contribution in [0.4, 0.5) is 0 Å². The van der Waals surface area contributed by atoms with Gasteiger partial charge in [0.1, 0.15) is 5.54 Å². The third kappa shape index (κ3) is 3.34. The summed E-state index contributed by atoms with van der Waals surface area (Å²) in [5.74, 6) is -0.796. The molecule has 0 radical (unpaired) electrons. The van der Waals surface area contributed by atoms with Crippen molar-refractivity contribution in [3.8, 4) is 0 Å². The van der Waals surface area contributed by atoms with E-state index in [-0.39, 0.29) is 0 Å². The SMILES string of the molecule is CCCC(C)(NCCn1cccn1)C(=O)O. The average molecular weight is 225 g/mol. The van der Waals surface area contributed by atoms with E-state index in [2.05, 4.69) is 10.4 Å². The van der Waals surface area contributed by atoms with E-state index in [0.29, 0.717) is 19.5 Å². The predicted octanol–water partition coefficient (Wildman–Crippen LogP) is 1.12. The lowest BCUT2D eigenvalue weighted by Crippen LogP contribution is -2.50. The van der Waals surface area contributed by atoms with Crippen LogP contribution < -0.4 is 5.32 Å². The minimum absolute atomic E-state index is 0.602. The number of carboxylic acids is 1. The molecule has 0 aromatic carbocycles. The maximum Gasteiger partial charge on any atom is 0.323 e. The first-order chi connectivity index (χ1) is 7.58. The van der Waals surface area contributed by atoms with Gasteiger partial charge in [0.05, 0.1) is 6.54 Å². The minimum Gasteiger partial charge on any atom is -0.480 e. The molecule has 0 fully saturated rings. The van der Waals surface area contributed by atoms with Crippen LogP contribution in [0, 0.1) is 0 Å². The average Bonchev–Trinajstić information content (AvgIpc) is 2.70. The fourth-order valence-corrected chi connectivity index (χ4v) is 1.65. The zero-order valence-corrected chi connectivity index (χ0v) is 9.81. The molecule has 1 rings (SSSR count). The number of aliphatic carboxylic acids is 1. The van der Waals surface area contributed by atoms with E-state index < -0.39 is 11.5 Å². The summed E-state index contributed by atoms with van der Waals surface area (Å²) in [7, 11) is 0. The molecule has 90 valence electrons. The van der Waals surface area contributed by atoms with Crippen LogP contribution in [0.25, 0.3) is 0 Å². The summed E-state index contributed by atoms with van der Waals surface area (Å²) >= 11 is 0. The molecule has 16 heavy (non-hydrogen) atoms. The zero-order chi connectivity index (χ0) is 12.0. The first-order valence-corrected chi connectivity index (χ1v) is 5.54. The van der Waals surface area contributed by atoms with E-state index in [0.717, 1.165) is 6.42 Å². The van der Waals surface area contributed by atoms with Gasteiger partial charge in [-0.2, -0.15) is 5.10 Å². The van der Waals surface area contributed by atoms with E-state index in [4.69, 9.17) is 5.11 Å². The maximum atomic E-state index is 11.1. The molecule has 5 nitrogen and oxygen atoms in total. The van der Waals surface area contributed by atoms with Crippen molar-refractivity contribution in [1.29, 1.82) is 0 Å². The van der Waals surface area contributed by atoms with Crippen LogP contribution in [0.3, 0.4) is 0 Å². The zero-order valence-electron chi connectivity index (χ0n) is 9.81. The number of aromatic nitrogens is 2. The number of rotatable bonds is 7. The molecular formula is C11H19N3O2. The smallest absolute Gasteiger partial charge is 0.323 e. The third-order valence-corrected chi connectivity index (χ3v) is 2.64. The van der Waals surface area contributed by atoms with Crippen LogP contribution in [-0.4, -0.2) is 32.9 Å². The lowest BCUT2D eigenvalue weighted by atomic mass is 9.96. The number of carboxylic acid groups (broad SMARTS) is 1. The fraction of sp³-hybridized carbons (Fsp3) is 0.636. The summed E-state index contributed by atoms with van der Waals surface area (Å²) in [5.41, 5.74) is -0.831. The van der Waals surface area contributed by atoms with Crippen molar-refractivity contribution in [3.63, 3.8) is 0 Å². The van der Waals surface area contributed by atoms with Crippen LogP contribution in [0.1, 0.15) is 26.7 Å². The Morgan fingerprint density at radius 2 is 2.38 bits per heavy atom. The standard InChI is InChI=1S/C11H19N3O2/c1-3-5-11(2,10(15)16)12-7-9-14-8-4-6-13-14/h4,6,8,12H,3,5,7,9H2,1-2H3,(H,15,16). The maximum absolute atomic E-state index is 11.1. The van der Waals surface area contributed by atoms with Crippen molar-refractivity contribution >= 4 is 5.97 Å². The molecule has 1 heterocycles. The van der Waals surface area contributed by atoms with E-state index in [1.54, 1.807) is 17.8 Å². The summed E-state index contributed by atoms with van der Waals surface area (Å²) in [6.45, 7) is 4.99. The first-order valence-electron chi connectivity index (χ1n) is 5.54. The molecule has 0 spiro atoms. The molecule has 1 unspecified atom stereocenters.